The Hall–Kier alpha value is -2.80. The van der Waals surface area contributed by atoms with Crippen LogP contribution in [0.5, 0.6) is 0 Å². The molecule has 27 heavy (non-hydrogen) atoms. The minimum absolute atomic E-state index is 0.116. The molecule has 1 aliphatic heterocycles. The number of aliphatic imine (C=N–C) groups is 1. The van der Waals surface area contributed by atoms with Gasteiger partial charge in [0.2, 0.25) is 5.84 Å². The molecular formula is C20H30N6O. The fraction of sp³-hybridized carbons (Fsp3) is 0.400. The first-order valence-corrected chi connectivity index (χ1v) is 9.09. The number of nitrogens with zero attached hydrogens (tertiary/aromatic N) is 2. The monoisotopic (exact) mass is 370 g/mol. The van der Waals surface area contributed by atoms with Crippen molar-refractivity contribution in [2.45, 2.75) is 33.4 Å². The van der Waals surface area contributed by atoms with Crippen LogP contribution in [0, 0.1) is 5.92 Å². The lowest BCUT2D eigenvalue weighted by atomic mass is 9.97. The van der Waals surface area contributed by atoms with Gasteiger partial charge in [0.1, 0.15) is 6.17 Å². The van der Waals surface area contributed by atoms with E-state index < -0.39 is 0 Å². The van der Waals surface area contributed by atoms with E-state index in [4.69, 9.17) is 11.5 Å². The van der Waals surface area contributed by atoms with Gasteiger partial charge in [-0.2, -0.15) is 0 Å². The summed E-state index contributed by atoms with van der Waals surface area (Å²) < 4.78 is 0. The van der Waals surface area contributed by atoms with Gasteiger partial charge in [0.05, 0.1) is 5.82 Å². The number of likely N-dealkylation sites (N-methyl/N-ethyl adjacent to an activating group) is 1. The van der Waals surface area contributed by atoms with Gasteiger partial charge in [-0.15, -0.1) is 0 Å². The number of amides is 1. The molecule has 1 aliphatic rings. The zero-order chi connectivity index (χ0) is 20.0. The SMILES string of the molecule is C/C(C=C(N)N)=C(\CNC(=O)C1=NC(Cc2ccccc2)N(C)N1)C(C)C. The topological polar surface area (TPSA) is 109 Å². The van der Waals surface area contributed by atoms with E-state index in [1.807, 2.05) is 37.2 Å². The first-order valence-electron chi connectivity index (χ1n) is 9.09. The molecule has 146 valence electrons. The molecule has 0 saturated heterocycles. The number of benzene rings is 1. The number of hydrogen-bond acceptors (Lipinski definition) is 6. The lowest BCUT2D eigenvalue weighted by Crippen LogP contribution is -2.44. The highest BCUT2D eigenvalue weighted by Gasteiger charge is 2.27. The summed E-state index contributed by atoms with van der Waals surface area (Å²) in [5.41, 5.74) is 17.4. The number of carbonyl (C=O) groups excluding carboxylic acids is 1. The fourth-order valence-corrected chi connectivity index (χ4v) is 3.02. The maximum absolute atomic E-state index is 12.5. The molecule has 6 N–H and O–H groups in total. The second-order valence-corrected chi connectivity index (χ2v) is 7.06. The van der Waals surface area contributed by atoms with Crippen LogP contribution in [-0.2, 0) is 11.2 Å². The third-order valence-corrected chi connectivity index (χ3v) is 4.51. The molecule has 0 spiro atoms. The molecular weight excluding hydrogens is 340 g/mol. The summed E-state index contributed by atoms with van der Waals surface area (Å²) in [7, 11) is 1.88. The maximum Gasteiger partial charge on any atom is 0.288 e. The molecule has 2 rings (SSSR count). The van der Waals surface area contributed by atoms with Crippen LogP contribution in [0.25, 0.3) is 0 Å². The van der Waals surface area contributed by atoms with Crippen LogP contribution in [0.3, 0.4) is 0 Å². The lowest BCUT2D eigenvalue weighted by Gasteiger charge is -2.18. The average molecular weight is 371 g/mol. The van der Waals surface area contributed by atoms with E-state index in [-0.39, 0.29) is 23.8 Å². The molecule has 1 atom stereocenters. The summed E-state index contributed by atoms with van der Waals surface area (Å²) in [4.78, 5) is 17.1. The Morgan fingerprint density at radius 3 is 2.59 bits per heavy atom. The minimum atomic E-state index is -0.229. The number of nitrogens with two attached hydrogens (primary N) is 2. The number of hydrogen-bond donors (Lipinski definition) is 4. The van der Waals surface area contributed by atoms with E-state index in [1.165, 1.54) is 5.56 Å². The van der Waals surface area contributed by atoms with Crippen LogP contribution in [0.1, 0.15) is 26.3 Å². The highest BCUT2D eigenvalue weighted by atomic mass is 16.2. The fourth-order valence-electron chi connectivity index (χ4n) is 3.02. The Morgan fingerprint density at radius 2 is 2.00 bits per heavy atom. The van der Waals surface area contributed by atoms with Gasteiger partial charge in [-0.05, 0) is 35.6 Å². The highest BCUT2D eigenvalue weighted by Crippen LogP contribution is 2.16. The third kappa shape index (κ3) is 5.86. The van der Waals surface area contributed by atoms with Crippen molar-refractivity contribution in [2.75, 3.05) is 13.6 Å². The first kappa shape index (κ1) is 20.5. The van der Waals surface area contributed by atoms with E-state index in [0.29, 0.717) is 12.4 Å². The van der Waals surface area contributed by atoms with Crippen molar-refractivity contribution in [1.29, 1.82) is 0 Å². The van der Waals surface area contributed by atoms with Crippen molar-refractivity contribution in [3.63, 3.8) is 0 Å². The van der Waals surface area contributed by atoms with Crippen molar-refractivity contribution in [2.24, 2.45) is 22.4 Å². The Balaban J connectivity index is 2.02. The van der Waals surface area contributed by atoms with Crippen molar-refractivity contribution < 1.29 is 4.79 Å². The summed E-state index contributed by atoms with van der Waals surface area (Å²) in [6.07, 6.45) is 2.34. The third-order valence-electron chi connectivity index (χ3n) is 4.51. The predicted octanol–water partition coefficient (Wildman–Crippen LogP) is 1.25. The summed E-state index contributed by atoms with van der Waals surface area (Å²) in [6, 6.07) is 10.1. The number of rotatable bonds is 7. The average Bonchev–Trinajstić information content (AvgIpc) is 2.95. The van der Waals surface area contributed by atoms with Crippen LogP contribution < -0.4 is 22.2 Å². The molecule has 1 aromatic carbocycles. The van der Waals surface area contributed by atoms with E-state index >= 15 is 0 Å². The van der Waals surface area contributed by atoms with Gasteiger partial charge in [0.15, 0.2) is 0 Å². The van der Waals surface area contributed by atoms with Gasteiger partial charge in [-0.3, -0.25) is 10.2 Å². The van der Waals surface area contributed by atoms with E-state index in [9.17, 15) is 4.79 Å². The Kier molecular flexibility index (Phi) is 7.01. The van der Waals surface area contributed by atoms with Crippen LogP contribution in [-0.4, -0.2) is 36.5 Å². The number of hydrazine groups is 1. The Morgan fingerprint density at radius 1 is 1.33 bits per heavy atom. The quantitative estimate of drug-likeness (QED) is 0.540. The van der Waals surface area contributed by atoms with Crippen LogP contribution >= 0.6 is 0 Å². The standard InChI is InChI=1S/C20H30N6O/c1-13(2)16(14(3)10-17(21)22)12-23-20(27)19-24-18(26(4)25-19)11-15-8-6-5-7-9-15/h5-10,13,18H,11-12,21-22H2,1-4H3,(H,23,27)(H,24,25)/b16-14-. The van der Waals surface area contributed by atoms with Crippen LogP contribution in [0.4, 0.5) is 0 Å². The molecule has 0 saturated carbocycles. The van der Waals surface area contributed by atoms with E-state index in [1.54, 1.807) is 6.08 Å². The van der Waals surface area contributed by atoms with Crippen LogP contribution in [0.15, 0.2) is 58.4 Å². The van der Waals surface area contributed by atoms with E-state index in [0.717, 1.165) is 17.6 Å². The van der Waals surface area contributed by atoms with Gasteiger partial charge in [-0.1, -0.05) is 44.2 Å². The van der Waals surface area contributed by atoms with Crippen molar-refractivity contribution in [1.82, 2.24) is 15.8 Å². The zero-order valence-electron chi connectivity index (χ0n) is 16.5. The second-order valence-electron chi connectivity index (χ2n) is 7.06. The van der Waals surface area contributed by atoms with Gasteiger partial charge in [0, 0.05) is 20.0 Å². The molecule has 0 bridgehead atoms. The maximum atomic E-state index is 12.5. The van der Waals surface area contributed by atoms with E-state index in [2.05, 4.69) is 41.7 Å². The Labute approximate surface area is 161 Å². The smallest absolute Gasteiger partial charge is 0.288 e. The molecule has 0 aliphatic carbocycles. The number of amidine groups is 1. The normalized spacial score (nSPS) is 17.8. The van der Waals surface area contributed by atoms with Crippen molar-refractivity contribution >= 4 is 11.7 Å². The molecule has 1 unspecified atom stereocenters. The largest absolute Gasteiger partial charge is 0.386 e. The molecule has 1 amide bonds. The van der Waals surface area contributed by atoms with Crippen LogP contribution in [0.2, 0.25) is 0 Å². The molecule has 0 fully saturated rings. The summed E-state index contributed by atoms with van der Waals surface area (Å²) in [6.45, 7) is 6.50. The summed E-state index contributed by atoms with van der Waals surface area (Å²) >= 11 is 0. The van der Waals surface area contributed by atoms with Gasteiger partial charge >= 0.3 is 0 Å². The minimum Gasteiger partial charge on any atom is -0.386 e. The summed E-state index contributed by atoms with van der Waals surface area (Å²) in [5, 5.41) is 4.79. The lowest BCUT2D eigenvalue weighted by molar-refractivity contribution is -0.114. The molecule has 7 heteroatoms. The summed E-state index contributed by atoms with van der Waals surface area (Å²) in [5.74, 6) is 0.609. The number of nitrogens with one attached hydrogen (secondary N) is 2. The number of carbonyl (C=O) groups is 1. The molecule has 7 nitrogen and oxygen atoms in total. The first-order chi connectivity index (χ1) is 12.8. The molecule has 1 heterocycles. The van der Waals surface area contributed by atoms with Crippen molar-refractivity contribution in [3.05, 3.63) is 58.9 Å². The van der Waals surface area contributed by atoms with Crippen molar-refractivity contribution in [3.8, 4) is 0 Å². The Bertz CT molecular complexity index is 747. The molecule has 0 aromatic heterocycles. The zero-order valence-corrected chi connectivity index (χ0v) is 16.5. The highest BCUT2D eigenvalue weighted by molar-refractivity contribution is 6.38. The van der Waals surface area contributed by atoms with Gasteiger partial charge in [0.25, 0.3) is 5.91 Å². The predicted molar refractivity (Wildman–Crippen MR) is 109 cm³/mol. The molecule has 0 radical (unpaired) electrons. The second kappa shape index (κ2) is 9.23. The molecule has 1 aromatic rings. The van der Waals surface area contributed by atoms with Gasteiger partial charge < -0.3 is 16.8 Å². The number of allylic oxidation sites excluding steroid dienone is 2. The van der Waals surface area contributed by atoms with Gasteiger partial charge in [-0.25, -0.2) is 10.0 Å².